The Morgan fingerprint density at radius 1 is 0.855 bits per heavy atom. The number of thiazole rings is 1. The fourth-order valence-corrected chi connectivity index (χ4v) is 9.26. The van der Waals surface area contributed by atoms with Crippen molar-refractivity contribution in [2.75, 3.05) is 79.5 Å². The summed E-state index contributed by atoms with van der Waals surface area (Å²) < 4.78 is 23.1. The molecular formula is C55H69N5O8S. The molecule has 0 aliphatic carbocycles. The molecule has 2 heterocycles. The average molecular weight is 960 g/mol. The van der Waals surface area contributed by atoms with Gasteiger partial charge in [0.1, 0.15) is 30.8 Å². The van der Waals surface area contributed by atoms with Gasteiger partial charge in [-0.05, 0) is 83.8 Å². The molecule has 1 fully saturated rings. The standard InChI is InChI=1S/C55H69N5O8S/c1-6-49(43-13-9-7-10-14-43)52(44-15-11-8-12-16-44)45-21-23-48(24-22-45)68-28-26-59(5)25-27-65-29-30-66-31-32-67-36-51(63)58-55(38-61,40(2)3)37-60-35-47(62)33-50(60)54(64)56-34-42-17-19-46(20-18-42)53-41(4)57-39-69-53/h7-24,38-40,47,50,62H,6,25-37H2,1-5H3,(H,56,64)(H,58,63)/b52-49-/t47-,50+,55+/m1/s1. The van der Waals surface area contributed by atoms with Crippen LogP contribution in [0.4, 0.5) is 0 Å². The van der Waals surface area contributed by atoms with Gasteiger partial charge in [-0.3, -0.25) is 14.5 Å². The summed E-state index contributed by atoms with van der Waals surface area (Å²) in [5.41, 5.74) is 9.60. The number of carbonyl (C=O) groups is 3. The third-order valence-electron chi connectivity index (χ3n) is 12.5. The monoisotopic (exact) mass is 959 g/mol. The summed E-state index contributed by atoms with van der Waals surface area (Å²) >= 11 is 1.59. The molecule has 5 aromatic rings. The molecule has 0 radical (unpaired) electrons. The molecule has 0 spiro atoms. The van der Waals surface area contributed by atoms with Crippen molar-refractivity contribution in [1.82, 2.24) is 25.4 Å². The highest BCUT2D eigenvalue weighted by Gasteiger charge is 2.44. The predicted molar refractivity (Wildman–Crippen MR) is 273 cm³/mol. The minimum atomic E-state index is -1.30. The van der Waals surface area contributed by atoms with E-state index < -0.39 is 23.6 Å². The van der Waals surface area contributed by atoms with E-state index in [-0.39, 0.29) is 51.2 Å². The molecule has 3 atom stereocenters. The number of likely N-dealkylation sites (tertiary alicyclic amines) is 1. The number of aryl methyl sites for hydroxylation is 1. The van der Waals surface area contributed by atoms with Gasteiger partial charge in [0.05, 0.1) is 61.3 Å². The molecule has 2 amide bonds. The lowest BCUT2D eigenvalue weighted by Gasteiger charge is -2.38. The van der Waals surface area contributed by atoms with Crippen LogP contribution in [0.2, 0.25) is 0 Å². The smallest absolute Gasteiger partial charge is 0.246 e. The SMILES string of the molecule is CC/C(=C(\c1ccccc1)c1ccc(OCCN(C)CCOCCOCCOCC(=O)N[C@](C=O)(CN2C[C@H](O)C[C@H]2C(=O)NCc2ccc(-c3scnc3C)cc2)C(C)C)cc1)c1ccccc1. The van der Waals surface area contributed by atoms with Crippen LogP contribution in [0, 0.1) is 12.8 Å². The minimum absolute atomic E-state index is 0.0593. The van der Waals surface area contributed by atoms with Gasteiger partial charge in [-0.2, -0.15) is 0 Å². The normalized spacial score (nSPS) is 16.3. The summed E-state index contributed by atoms with van der Waals surface area (Å²) in [5, 5.41) is 16.5. The van der Waals surface area contributed by atoms with Gasteiger partial charge in [0, 0.05) is 32.7 Å². The summed E-state index contributed by atoms with van der Waals surface area (Å²) in [6.07, 6.45) is 1.11. The molecule has 3 N–H and O–H groups in total. The Kier molecular flexibility index (Phi) is 20.6. The molecule has 1 aliphatic rings. The van der Waals surface area contributed by atoms with Crippen LogP contribution in [0.5, 0.6) is 5.75 Å². The molecule has 4 aromatic carbocycles. The second-order valence-corrected chi connectivity index (χ2v) is 18.6. The summed E-state index contributed by atoms with van der Waals surface area (Å²) in [7, 11) is 2.04. The molecule has 0 bridgehead atoms. The van der Waals surface area contributed by atoms with Gasteiger partial charge >= 0.3 is 0 Å². The highest BCUT2D eigenvalue weighted by molar-refractivity contribution is 7.13. The maximum Gasteiger partial charge on any atom is 0.246 e. The van der Waals surface area contributed by atoms with Crippen molar-refractivity contribution >= 4 is 40.6 Å². The van der Waals surface area contributed by atoms with Crippen molar-refractivity contribution < 1.29 is 38.4 Å². The largest absolute Gasteiger partial charge is 0.492 e. The van der Waals surface area contributed by atoms with E-state index >= 15 is 0 Å². The molecule has 14 heteroatoms. The van der Waals surface area contributed by atoms with E-state index in [1.54, 1.807) is 16.2 Å². The van der Waals surface area contributed by atoms with Crippen LogP contribution in [0.1, 0.15) is 61.6 Å². The molecule has 1 aromatic heterocycles. The van der Waals surface area contributed by atoms with Crippen molar-refractivity contribution in [2.24, 2.45) is 5.92 Å². The first-order valence-electron chi connectivity index (χ1n) is 24.0. The van der Waals surface area contributed by atoms with E-state index in [1.165, 1.54) is 22.3 Å². The first-order valence-corrected chi connectivity index (χ1v) is 24.8. The number of aldehydes is 1. The van der Waals surface area contributed by atoms with Crippen LogP contribution < -0.4 is 15.4 Å². The number of aliphatic hydroxyl groups is 1. The van der Waals surface area contributed by atoms with Gasteiger partial charge < -0.3 is 44.4 Å². The maximum absolute atomic E-state index is 13.4. The number of rotatable bonds is 28. The Bertz CT molecular complexity index is 2380. The van der Waals surface area contributed by atoms with Crippen molar-refractivity contribution in [3.63, 3.8) is 0 Å². The van der Waals surface area contributed by atoms with Crippen LogP contribution in [0.25, 0.3) is 21.6 Å². The highest BCUT2D eigenvalue weighted by Crippen LogP contribution is 2.35. The van der Waals surface area contributed by atoms with Gasteiger partial charge in [0.2, 0.25) is 11.8 Å². The molecule has 1 aliphatic heterocycles. The Hall–Kier alpha value is -5.58. The third-order valence-corrected chi connectivity index (χ3v) is 13.5. The van der Waals surface area contributed by atoms with Crippen molar-refractivity contribution in [1.29, 1.82) is 0 Å². The van der Waals surface area contributed by atoms with Gasteiger partial charge in [0.25, 0.3) is 0 Å². The van der Waals surface area contributed by atoms with E-state index in [4.69, 9.17) is 18.9 Å². The first kappa shape index (κ1) is 52.8. The lowest BCUT2D eigenvalue weighted by molar-refractivity contribution is -0.133. The Balaban J connectivity index is 0.836. The fraction of sp³-hybridized carbons (Fsp3) is 0.418. The second kappa shape index (κ2) is 27.0. The maximum atomic E-state index is 13.4. The van der Waals surface area contributed by atoms with Gasteiger partial charge in [-0.15, -0.1) is 11.3 Å². The van der Waals surface area contributed by atoms with Crippen LogP contribution in [-0.2, 0) is 35.1 Å². The number of β-amino-alcohol motifs (C(OH)–C–C–N with tert-alkyl or cyclic N) is 1. The van der Waals surface area contributed by atoms with Crippen LogP contribution >= 0.6 is 11.3 Å². The quantitative estimate of drug-likeness (QED) is 0.0263. The predicted octanol–water partition coefficient (Wildman–Crippen LogP) is 7.31. The molecular weight excluding hydrogens is 891 g/mol. The number of allylic oxidation sites excluding steroid dienone is 1. The van der Waals surface area contributed by atoms with Crippen molar-refractivity contribution in [2.45, 2.75) is 64.8 Å². The Morgan fingerprint density at radius 2 is 1.48 bits per heavy atom. The number of hydrogen-bond donors (Lipinski definition) is 3. The molecule has 0 saturated carbocycles. The number of nitrogens with zero attached hydrogens (tertiary/aromatic N) is 3. The fourth-order valence-electron chi connectivity index (χ4n) is 8.45. The molecule has 368 valence electrons. The van der Waals surface area contributed by atoms with Gasteiger partial charge in [-0.1, -0.05) is 118 Å². The second-order valence-electron chi connectivity index (χ2n) is 17.8. The summed E-state index contributed by atoms with van der Waals surface area (Å²) in [6.45, 7) is 12.0. The van der Waals surface area contributed by atoms with Crippen molar-refractivity contribution in [3.05, 3.63) is 143 Å². The van der Waals surface area contributed by atoms with E-state index in [0.717, 1.165) is 58.8 Å². The number of ether oxygens (including phenoxy) is 4. The number of nitrogens with one attached hydrogen (secondary N) is 2. The zero-order valence-corrected chi connectivity index (χ0v) is 41.5. The molecule has 13 nitrogen and oxygen atoms in total. The van der Waals surface area contributed by atoms with Gasteiger partial charge in [-0.25, -0.2) is 4.98 Å². The van der Waals surface area contributed by atoms with E-state index in [0.29, 0.717) is 33.0 Å². The number of amides is 2. The summed E-state index contributed by atoms with van der Waals surface area (Å²) in [6, 6.07) is 36.8. The lowest BCUT2D eigenvalue weighted by Crippen LogP contribution is -2.62. The first-order chi connectivity index (χ1) is 33.5. The van der Waals surface area contributed by atoms with Gasteiger partial charge in [0.15, 0.2) is 0 Å². The zero-order chi connectivity index (χ0) is 49.0. The number of benzene rings is 4. The topological polar surface area (TPSA) is 152 Å². The summed E-state index contributed by atoms with van der Waals surface area (Å²) in [5.74, 6) is -0.189. The van der Waals surface area contributed by atoms with E-state index in [9.17, 15) is 19.5 Å². The molecule has 6 rings (SSSR count). The average Bonchev–Trinajstić information content (AvgIpc) is 3.97. The highest BCUT2D eigenvalue weighted by atomic mass is 32.1. The van der Waals surface area contributed by atoms with Crippen LogP contribution in [-0.4, -0.2) is 135 Å². The van der Waals surface area contributed by atoms with E-state index in [1.807, 2.05) is 75.8 Å². The Labute approximate surface area is 411 Å². The Morgan fingerprint density at radius 3 is 2.10 bits per heavy atom. The van der Waals surface area contributed by atoms with E-state index in [2.05, 4.69) is 94.2 Å². The molecule has 1 saturated heterocycles. The lowest BCUT2D eigenvalue weighted by atomic mass is 9.86. The summed E-state index contributed by atoms with van der Waals surface area (Å²) in [4.78, 5) is 48.6. The zero-order valence-electron chi connectivity index (χ0n) is 40.7. The number of likely N-dealkylation sites (N-methyl/N-ethyl adjacent to an activating group) is 1. The van der Waals surface area contributed by atoms with Crippen LogP contribution in [0.3, 0.4) is 0 Å². The number of carbonyl (C=O) groups excluding carboxylic acids is 3. The number of hydrogen-bond acceptors (Lipinski definition) is 12. The number of aromatic nitrogens is 1. The molecule has 69 heavy (non-hydrogen) atoms. The van der Waals surface area contributed by atoms with Crippen molar-refractivity contribution in [3.8, 4) is 16.2 Å². The minimum Gasteiger partial charge on any atom is -0.492 e. The number of aliphatic hydroxyl groups excluding tert-OH is 1. The van der Waals surface area contributed by atoms with Crippen LogP contribution in [0.15, 0.2) is 115 Å². The molecule has 0 unspecified atom stereocenters. The third kappa shape index (κ3) is 15.5.